The first kappa shape index (κ1) is 8.68. The number of carbonyl (C=O) groups is 1. The van der Waals surface area contributed by atoms with Crippen LogP contribution in [0, 0.1) is 5.41 Å². The third kappa shape index (κ3) is 1.44. The Morgan fingerprint density at radius 2 is 2.27 bits per heavy atom. The first-order chi connectivity index (χ1) is 5.25. The third-order valence-electron chi connectivity index (χ3n) is 2.57. The average molecular weight is 157 g/mol. The second-order valence-corrected chi connectivity index (χ2v) is 3.19. The van der Waals surface area contributed by atoms with Gasteiger partial charge in [-0.25, -0.2) is 0 Å². The summed E-state index contributed by atoms with van der Waals surface area (Å²) in [5.41, 5.74) is 5.31. The molecule has 0 amide bonds. The predicted molar refractivity (Wildman–Crippen MR) is 42.2 cm³/mol. The summed E-state index contributed by atoms with van der Waals surface area (Å²) in [6, 6.07) is 0. The zero-order chi connectivity index (χ0) is 8.32. The molecule has 0 aromatic carbocycles. The van der Waals surface area contributed by atoms with E-state index in [-0.39, 0.29) is 17.8 Å². The predicted octanol–water partition coefficient (Wildman–Crippen LogP) is 0.331. The average Bonchev–Trinajstić information content (AvgIpc) is 1.87. The maximum atomic E-state index is 11.4. The lowest BCUT2D eigenvalue weighted by molar-refractivity contribution is -0.136. The molecule has 0 radical (unpaired) electrons. The molecule has 3 heteroatoms. The van der Waals surface area contributed by atoms with Gasteiger partial charge in [0.05, 0.1) is 0 Å². The minimum atomic E-state index is -0.212. The molecule has 64 valence electrons. The van der Waals surface area contributed by atoms with Crippen molar-refractivity contribution in [1.29, 1.82) is 0 Å². The van der Waals surface area contributed by atoms with Crippen molar-refractivity contribution < 1.29 is 9.53 Å². The Morgan fingerprint density at radius 1 is 1.64 bits per heavy atom. The van der Waals surface area contributed by atoms with Gasteiger partial charge in [0.15, 0.2) is 5.78 Å². The van der Waals surface area contributed by atoms with E-state index in [0.29, 0.717) is 6.54 Å². The van der Waals surface area contributed by atoms with Gasteiger partial charge in [-0.05, 0) is 12.8 Å². The molecular weight excluding hydrogens is 142 g/mol. The molecule has 1 saturated carbocycles. The molecule has 0 bridgehead atoms. The van der Waals surface area contributed by atoms with Crippen molar-refractivity contribution in [2.45, 2.75) is 19.3 Å². The number of hydrogen-bond acceptors (Lipinski definition) is 3. The van der Waals surface area contributed by atoms with Gasteiger partial charge in [-0.15, -0.1) is 0 Å². The Bertz CT molecular complexity index is 147. The Balaban J connectivity index is 2.47. The van der Waals surface area contributed by atoms with Crippen LogP contribution in [0.2, 0.25) is 0 Å². The summed E-state index contributed by atoms with van der Waals surface area (Å²) in [4.78, 5) is 11.4. The number of hydrogen-bond donors (Lipinski definition) is 1. The number of Topliss-reactive ketones (excluding diaryl/α,β-unsaturated/α-hetero) is 1. The summed E-state index contributed by atoms with van der Waals surface area (Å²) in [6.07, 6.45) is 3.03. The molecule has 2 N–H and O–H groups in total. The van der Waals surface area contributed by atoms with Crippen LogP contribution in [0.5, 0.6) is 0 Å². The zero-order valence-electron chi connectivity index (χ0n) is 6.93. The van der Waals surface area contributed by atoms with Gasteiger partial charge in [-0.2, -0.15) is 0 Å². The van der Waals surface area contributed by atoms with E-state index in [0.717, 1.165) is 19.3 Å². The minimum absolute atomic E-state index is 0.175. The van der Waals surface area contributed by atoms with E-state index in [1.165, 1.54) is 0 Å². The van der Waals surface area contributed by atoms with Gasteiger partial charge in [0, 0.05) is 19.1 Å². The highest BCUT2D eigenvalue weighted by molar-refractivity contribution is 5.87. The van der Waals surface area contributed by atoms with Gasteiger partial charge in [0.2, 0.25) is 0 Å². The van der Waals surface area contributed by atoms with Crippen LogP contribution in [0.4, 0.5) is 0 Å². The number of ether oxygens (including phenoxy) is 1. The molecule has 11 heavy (non-hydrogen) atoms. The van der Waals surface area contributed by atoms with Crippen LogP contribution < -0.4 is 5.73 Å². The molecule has 0 unspecified atom stereocenters. The molecule has 1 rings (SSSR count). The lowest BCUT2D eigenvalue weighted by atomic mass is 9.66. The lowest BCUT2D eigenvalue weighted by Crippen LogP contribution is -2.45. The molecule has 0 spiro atoms. The molecule has 0 aliphatic heterocycles. The van der Waals surface area contributed by atoms with Crippen LogP contribution in [0.15, 0.2) is 0 Å². The standard InChI is InChI=1S/C8H15NO2/c1-11-5-7(10)8(6-9)3-2-4-8/h2-6,9H2,1H3. The molecule has 1 aliphatic carbocycles. The Hall–Kier alpha value is -0.410. The molecule has 0 atom stereocenters. The van der Waals surface area contributed by atoms with Crippen LogP contribution in [0.1, 0.15) is 19.3 Å². The van der Waals surface area contributed by atoms with Gasteiger partial charge < -0.3 is 10.5 Å². The lowest BCUT2D eigenvalue weighted by Gasteiger charge is -2.38. The second-order valence-electron chi connectivity index (χ2n) is 3.19. The Labute approximate surface area is 66.9 Å². The molecule has 0 aromatic rings. The molecule has 0 saturated heterocycles. The number of nitrogens with two attached hydrogens (primary N) is 1. The van der Waals surface area contributed by atoms with Crippen molar-refractivity contribution in [3.05, 3.63) is 0 Å². The summed E-state index contributed by atoms with van der Waals surface area (Å²) >= 11 is 0. The largest absolute Gasteiger partial charge is 0.377 e. The Morgan fingerprint density at radius 3 is 2.55 bits per heavy atom. The monoisotopic (exact) mass is 157 g/mol. The molecule has 1 fully saturated rings. The van der Waals surface area contributed by atoms with Crippen molar-refractivity contribution in [3.63, 3.8) is 0 Å². The van der Waals surface area contributed by atoms with E-state index in [2.05, 4.69) is 0 Å². The smallest absolute Gasteiger partial charge is 0.165 e. The first-order valence-electron chi connectivity index (χ1n) is 3.97. The van der Waals surface area contributed by atoms with E-state index < -0.39 is 0 Å². The van der Waals surface area contributed by atoms with Gasteiger partial charge in [0.25, 0.3) is 0 Å². The van der Waals surface area contributed by atoms with Gasteiger partial charge in [-0.1, -0.05) is 6.42 Å². The van der Waals surface area contributed by atoms with E-state index in [4.69, 9.17) is 10.5 Å². The zero-order valence-corrected chi connectivity index (χ0v) is 6.93. The topological polar surface area (TPSA) is 52.3 Å². The van der Waals surface area contributed by atoms with Crippen LogP contribution in [-0.2, 0) is 9.53 Å². The van der Waals surface area contributed by atoms with E-state index in [1.807, 2.05) is 0 Å². The maximum Gasteiger partial charge on any atom is 0.165 e. The van der Waals surface area contributed by atoms with Crippen molar-refractivity contribution in [2.24, 2.45) is 11.1 Å². The van der Waals surface area contributed by atoms with Crippen molar-refractivity contribution in [3.8, 4) is 0 Å². The highest BCUT2D eigenvalue weighted by atomic mass is 16.5. The number of ketones is 1. The van der Waals surface area contributed by atoms with Crippen molar-refractivity contribution >= 4 is 5.78 Å². The van der Waals surface area contributed by atoms with Crippen LogP contribution in [-0.4, -0.2) is 26.0 Å². The van der Waals surface area contributed by atoms with Crippen LogP contribution in [0.25, 0.3) is 0 Å². The van der Waals surface area contributed by atoms with Gasteiger partial charge in [-0.3, -0.25) is 4.79 Å². The van der Waals surface area contributed by atoms with Gasteiger partial charge >= 0.3 is 0 Å². The summed E-state index contributed by atoms with van der Waals surface area (Å²) in [5.74, 6) is 0.175. The third-order valence-corrected chi connectivity index (χ3v) is 2.57. The highest BCUT2D eigenvalue weighted by Crippen LogP contribution is 2.40. The minimum Gasteiger partial charge on any atom is -0.377 e. The SMILES string of the molecule is COCC(=O)C1(CN)CCC1. The van der Waals surface area contributed by atoms with Gasteiger partial charge in [0.1, 0.15) is 6.61 Å². The number of methoxy groups -OCH3 is 1. The van der Waals surface area contributed by atoms with E-state index >= 15 is 0 Å². The fourth-order valence-corrected chi connectivity index (χ4v) is 1.48. The molecule has 1 aliphatic rings. The Kier molecular flexibility index (Phi) is 2.62. The normalized spacial score (nSPS) is 20.9. The fraction of sp³-hybridized carbons (Fsp3) is 0.875. The fourth-order valence-electron chi connectivity index (χ4n) is 1.48. The van der Waals surface area contributed by atoms with Crippen LogP contribution in [0.3, 0.4) is 0 Å². The molecule has 3 nitrogen and oxygen atoms in total. The number of rotatable bonds is 4. The highest BCUT2D eigenvalue weighted by Gasteiger charge is 2.41. The summed E-state index contributed by atoms with van der Waals surface area (Å²) < 4.78 is 4.78. The molecule has 0 aromatic heterocycles. The summed E-state index contributed by atoms with van der Waals surface area (Å²) in [5, 5.41) is 0. The second kappa shape index (κ2) is 3.32. The molecular formula is C8H15NO2. The quantitative estimate of drug-likeness (QED) is 0.640. The molecule has 0 heterocycles. The summed E-state index contributed by atoms with van der Waals surface area (Å²) in [6.45, 7) is 0.701. The first-order valence-corrected chi connectivity index (χ1v) is 3.97. The number of carbonyl (C=O) groups excluding carboxylic acids is 1. The van der Waals surface area contributed by atoms with Crippen molar-refractivity contribution in [2.75, 3.05) is 20.3 Å². The van der Waals surface area contributed by atoms with Crippen LogP contribution >= 0.6 is 0 Å². The maximum absolute atomic E-state index is 11.4. The van der Waals surface area contributed by atoms with Crippen molar-refractivity contribution in [1.82, 2.24) is 0 Å². The summed E-state index contributed by atoms with van der Waals surface area (Å²) in [7, 11) is 1.54. The van der Waals surface area contributed by atoms with E-state index in [9.17, 15) is 4.79 Å². The van der Waals surface area contributed by atoms with E-state index in [1.54, 1.807) is 7.11 Å².